The summed E-state index contributed by atoms with van der Waals surface area (Å²) in [5, 5.41) is -1.32. The van der Waals surface area contributed by atoms with Crippen LogP contribution in [0.25, 0.3) is 22.5 Å². The van der Waals surface area contributed by atoms with Crippen LogP contribution in [0.2, 0.25) is 0 Å². The lowest BCUT2D eigenvalue weighted by atomic mass is 9.94. The highest BCUT2D eigenvalue weighted by atomic mass is 32.2. The molecular weight excluding hydrogens is 534 g/mol. The van der Waals surface area contributed by atoms with E-state index in [9.17, 15) is 13.0 Å². The summed E-state index contributed by atoms with van der Waals surface area (Å²) < 4.78 is 44.6. The molecule has 214 valence electrons. The Kier molecular flexibility index (Phi) is 8.71. The third-order valence-corrected chi connectivity index (χ3v) is 8.76. The SMILES string of the molecule is CCCCc1cccnc1-c1cc(-c2ncccc2CCCC)c2c(c1)N(C(CC)S(=O)(=O)[O-])c1ccccc1O2. The lowest BCUT2D eigenvalue weighted by Crippen LogP contribution is -2.39. The predicted molar refractivity (Wildman–Crippen MR) is 163 cm³/mol. The average Bonchev–Trinajstić information content (AvgIpc) is 2.98. The Morgan fingerprint density at radius 3 is 2.10 bits per heavy atom. The van der Waals surface area contributed by atoms with Crippen LogP contribution in [0.4, 0.5) is 11.4 Å². The fraction of sp³-hybridized carbons (Fsp3) is 0.333. The second-order valence-electron chi connectivity index (χ2n) is 10.4. The minimum atomic E-state index is -4.71. The maximum atomic E-state index is 12.7. The fourth-order valence-electron chi connectivity index (χ4n) is 5.54. The van der Waals surface area contributed by atoms with Crippen molar-refractivity contribution in [3.05, 3.63) is 84.2 Å². The Morgan fingerprint density at radius 1 is 0.829 bits per heavy atom. The van der Waals surface area contributed by atoms with Gasteiger partial charge in [-0.15, -0.1) is 0 Å². The molecule has 0 aliphatic carbocycles. The van der Waals surface area contributed by atoms with Crippen molar-refractivity contribution >= 4 is 21.5 Å². The molecular formula is C33H36N3O4S-. The standard InChI is InChI=1S/C33H37N3O4S/c1-4-7-13-23-15-11-19-34-31(23)25-21-26(32-24(14-8-5-2)16-12-20-35-32)33-28(22-25)36(30(6-3)41(37,38)39)27-17-9-10-18-29(27)40-33/h9-12,15-22,30H,4-8,13-14H2,1-3H3,(H,37,38,39)/p-1. The molecule has 0 saturated carbocycles. The van der Waals surface area contributed by atoms with Crippen molar-refractivity contribution in [2.24, 2.45) is 0 Å². The summed E-state index contributed by atoms with van der Waals surface area (Å²) in [6.07, 6.45) is 9.48. The van der Waals surface area contributed by atoms with Gasteiger partial charge in [-0.1, -0.05) is 57.9 Å². The van der Waals surface area contributed by atoms with Crippen LogP contribution in [-0.4, -0.2) is 28.3 Å². The number of fused-ring (bicyclic) bond motifs is 2. The van der Waals surface area contributed by atoms with Crippen LogP contribution < -0.4 is 9.64 Å². The van der Waals surface area contributed by atoms with Crippen LogP contribution in [0.3, 0.4) is 0 Å². The van der Waals surface area contributed by atoms with Crippen molar-refractivity contribution in [3.8, 4) is 34.0 Å². The Labute approximate surface area is 243 Å². The number of hydrogen-bond acceptors (Lipinski definition) is 7. The first kappa shape index (κ1) is 28.8. The van der Waals surface area contributed by atoms with Gasteiger partial charge in [0.25, 0.3) is 0 Å². The van der Waals surface area contributed by atoms with Gasteiger partial charge < -0.3 is 14.2 Å². The van der Waals surface area contributed by atoms with E-state index in [2.05, 4.69) is 26.0 Å². The highest BCUT2D eigenvalue weighted by Crippen LogP contribution is 2.54. The van der Waals surface area contributed by atoms with E-state index in [0.717, 1.165) is 72.2 Å². The van der Waals surface area contributed by atoms with Gasteiger partial charge in [-0.25, -0.2) is 8.42 Å². The number of nitrogens with zero attached hydrogens (tertiary/aromatic N) is 3. The van der Waals surface area contributed by atoms with Crippen molar-refractivity contribution in [1.29, 1.82) is 0 Å². The highest BCUT2D eigenvalue weighted by Gasteiger charge is 2.35. The number of unbranched alkanes of at least 4 members (excludes halogenated alkanes) is 2. The topological polar surface area (TPSA) is 95.5 Å². The molecule has 0 spiro atoms. The first-order valence-electron chi connectivity index (χ1n) is 14.4. The van der Waals surface area contributed by atoms with Gasteiger partial charge in [-0.05, 0) is 79.6 Å². The summed E-state index contributed by atoms with van der Waals surface area (Å²) in [6.45, 7) is 6.03. The summed E-state index contributed by atoms with van der Waals surface area (Å²) in [7, 11) is -4.71. The molecule has 0 fully saturated rings. The molecule has 4 aromatic rings. The fourth-order valence-corrected chi connectivity index (χ4v) is 6.43. The van der Waals surface area contributed by atoms with Crippen LogP contribution >= 0.6 is 0 Å². The molecule has 1 aliphatic rings. The van der Waals surface area contributed by atoms with Crippen molar-refractivity contribution in [2.45, 2.75) is 71.1 Å². The van der Waals surface area contributed by atoms with E-state index in [1.807, 2.05) is 36.4 Å². The van der Waals surface area contributed by atoms with Gasteiger partial charge in [0.15, 0.2) is 11.5 Å². The van der Waals surface area contributed by atoms with Crippen molar-refractivity contribution < 1.29 is 17.7 Å². The van der Waals surface area contributed by atoms with Crippen molar-refractivity contribution in [1.82, 2.24) is 9.97 Å². The molecule has 1 atom stereocenters. The summed E-state index contributed by atoms with van der Waals surface area (Å²) in [4.78, 5) is 11.2. The molecule has 5 rings (SSSR count). The van der Waals surface area contributed by atoms with Gasteiger partial charge in [0.2, 0.25) is 0 Å². The Bertz CT molecular complexity index is 1640. The van der Waals surface area contributed by atoms with Gasteiger partial charge in [0, 0.05) is 23.5 Å². The second-order valence-corrected chi connectivity index (χ2v) is 11.9. The van der Waals surface area contributed by atoms with E-state index in [1.54, 1.807) is 36.4 Å². The van der Waals surface area contributed by atoms with Crippen LogP contribution in [0.15, 0.2) is 73.1 Å². The minimum absolute atomic E-state index is 0.107. The number of ether oxygens (including phenoxy) is 1. The number of pyridine rings is 2. The first-order valence-corrected chi connectivity index (χ1v) is 15.9. The molecule has 7 nitrogen and oxygen atoms in total. The van der Waals surface area contributed by atoms with E-state index in [1.165, 1.54) is 0 Å². The molecule has 3 heterocycles. The largest absolute Gasteiger partial charge is 0.746 e. The minimum Gasteiger partial charge on any atom is -0.746 e. The lowest BCUT2D eigenvalue weighted by molar-refractivity contribution is 0.439. The van der Waals surface area contributed by atoms with Crippen molar-refractivity contribution in [2.75, 3.05) is 4.90 Å². The number of rotatable bonds is 11. The third kappa shape index (κ3) is 5.85. The Hall–Kier alpha value is -3.75. The smallest absolute Gasteiger partial charge is 0.160 e. The zero-order valence-electron chi connectivity index (χ0n) is 23.8. The number of anilines is 2. The Morgan fingerprint density at radius 2 is 1.46 bits per heavy atom. The predicted octanol–water partition coefficient (Wildman–Crippen LogP) is 8.02. The number of benzene rings is 2. The molecule has 1 unspecified atom stereocenters. The molecule has 0 N–H and O–H groups in total. The zero-order chi connectivity index (χ0) is 29.0. The van der Waals surface area contributed by atoms with Crippen LogP contribution in [-0.2, 0) is 23.0 Å². The third-order valence-electron chi connectivity index (χ3n) is 7.55. The van der Waals surface area contributed by atoms with E-state index in [4.69, 9.17) is 14.7 Å². The second kappa shape index (κ2) is 12.4. The van der Waals surface area contributed by atoms with Crippen LogP contribution in [0.1, 0.15) is 64.0 Å². The van der Waals surface area contributed by atoms with Gasteiger partial charge in [-0.2, -0.15) is 0 Å². The number of hydrogen-bond donors (Lipinski definition) is 0. The van der Waals surface area contributed by atoms with Crippen LogP contribution in [0.5, 0.6) is 11.5 Å². The molecule has 0 bridgehead atoms. The maximum absolute atomic E-state index is 12.7. The molecule has 0 saturated heterocycles. The van der Waals surface area contributed by atoms with E-state index in [-0.39, 0.29) is 6.42 Å². The summed E-state index contributed by atoms with van der Waals surface area (Å²) in [5.41, 5.74) is 6.42. The molecule has 2 aromatic carbocycles. The molecule has 8 heteroatoms. The van der Waals surface area contributed by atoms with Gasteiger partial charge >= 0.3 is 0 Å². The monoisotopic (exact) mass is 570 g/mol. The Balaban J connectivity index is 1.83. The molecule has 0 amide bonds. The highest BCUT2D eigenvalue weighted by molar-refractivity contribution is 7.86. The van der Waals surface area contributed by atoms with Gasteiger partial charge in [0.05, 0.1) is 22.8 Å². The number of para-hydroxylation sites is 2. The summed E-state index contributed by atoms with van der Waals surface area (Å²) in [6, 6.07) is 19.3. The lowest BCUT2D eigenvalue weighted by Gasteiger charge is -2.40. The maximum Gasteiger partial charge on any atom is 0.160 e. The normalized spacial score (nSPS) is 13.3. The molecule has 1 aliphatic heterocycles. The number of aryl methyl sites for hydroxylation is 2. The van der Waals surface area contributed by atoms with E-state index in [0.29, 0.717) is 22.9 Å². The molecule has 0 radical (unpaired) electrons. The molecule has 41 heavy (non-hydrogen) atoms. The number of aromatic nitrogens is 2. The zero-order valence-corrected chi connectivity index (χ0v) is 24.7. The quantitative estimate of drug-likeness (QED) is 0.168. The van der Waals surface area contributed by atoms with E-state index < -0.39 is 15.5 Å². The van der Waals surface area contributed by atoms with Gasteiger partial charge in [0.1, 0.15) is 15.5 Å². The summed E-state index contributed by atoms with van der Waals surface area (Å²) >= 11 is 0. The average molecular weight is 571 g/mol. The van der Waals surface area contributed by atoms with Crippen molar-refractivity contribution in [3.63, 3.8) is 0 Å². The first-order chi connectivity index (χ1) is 19.9. The molecule has 2 aromatic heterocycles. The van der Waals surface area contributed by atoms with Crippen LogP contribution in [0, 0.1) is 0 Å². The van der Waals surface area contributed by atoms with Gasteiger partial charge in [-0.3, -0.25) is 9.97 Å². The van der Waals surface area contributed by atoms with E-state index >= 15 is 0 Å². The summed E-state index contributed by atoms with van der Waals surface area (Å²) in [5.74, 6) is 0.973.